The lowest BCUT2D eigenvalue weighted by Gasteiger charge is -2.20. The summed E-state index contributed by atoms with van der Waals surface area (Å²) in [4.78, 5) is 4.71. The molecule has 0 radical (unpaired) electrons. The number of benzene rings is 2. The van der Waals surface area contributed by atoms with Crippen LogP contribution in [0.25, 0.3) is 5.57 Å². The van der Waals surface area contributed by atoms with Gasteiger partial charge in [0.15, 0.2) is 0 Å². The van der Waals surface area contributed by atoms with Gasteiger partial charge in [0.05, 0.1) is 0 Å². The fraction of sp³-hybridized carbons (Fsp3) is 0.192. The smallest absolute Gasteiger partial charge is 0.120 e. The molecule has 146 valence electrons. The van der Waals surface area contributed by atoms with Crippen molar-refractivity contribution < 1.29 is 0 Å². The molecule has 3 N–H and O–H groups in total. The predicted molar refractivity (Wildman–Crippen MR) is 122 cm³/mol. The number of dihydropyridines is 1. The fourth-order valence-electron chi connectivity index (χ4n) is 3.91. The highest BCUT2D eigenvalue weighted by atomic mass is 15.2. The van der Waals surface area contributed by atoms with Crippen molar-refractivity contribution in [1.82, 2.24) is 5.32 Å². The van der Waals surface area contributed by atoms with E-state index in [4.69, 9.17) is 10.7 Å². The van der Waals surface area contributed by atoms with Crippen LogP contribution in [-0.2, 0) is 6.42 Å². The van der Waals surface area contributed by atoms with Crippen molar-refractivity contribution >= 4 is 11.4 Å². The summed E-state index contributed by atoms with van der Waals surface area (Å²) in [6, 6.07) is 20.7. The fourth-order valence-corrected chi connectivity index (χ4v) is 3.91. The van der Waals surface area contributed by atoms with Crippen LogP contribution < -0.4 is 11.1 Å². The molecule has 2 aliphatic rings. The van der Waals surface area contributed by atoms with E-state index < -0.39 is 0 Å². The van der Waals surface area contributed by atoms with Crippen molar-refractivity contribution in [3.8, 4) is 0 Å². The lowest BCUT2D eigenvalue weighted by molar-refractivity contribution is 0.513. The van der Waals surface area contributed by atoms with E-state index in [0.717, 1.165) is 30.5 Å². The minimum Gasteiger partial charge on any atom is -0.384 e. The van der Waals surface area contributed by atoms with Gasteiger partial charge < -0.3 is 5.73 Å². The van der Waals surface area contributed by atoms with Crippen LogP contribution in [0, 0.1) is 5.92 Å². The van der Waals surface area contributed by atoms with E-state index in [1.165, 1.54) is 11.1 Å². The summed E-state index contributed by atoms with van der Waals surface area (Å²) in [7, 11) is 0. The number of nitrogens with two attached hydrogens (primary N) is 1. The van der Waals surface area contributed by atoms with Crippen LogP contribution in [0.1, 0.15) is 17.5 Å². The number of aliphatic imine (C=N–C) groups is 1. The van der Waals surface area contributed by atoms with Crippen molar-refractivity contribution in [2.24, 2.45) is 16.6 Å². The standard InChI is InChI=1S/C26H27N3/c1-20(22-14-8-3-9-15-22)11-5-4-10-16-28-26-19-24(26)23(18-25(27)29-26)17-21-12-6-2-7-13-21/h2-15,18,24,28H,1,16-17,19H2,(H2,27,29)/b10-4-,11-5-. The van der Waals surface area contributed by atoms with Gasteiger partial charge in [0.1, 0.15) is 11.5 Å². The van der Waals surface area contributed by atoms with Gasteiger partial charge in [0.25, 0.3) is 0 Å². The second kappa shape index (κ2) is 8.46. The van der Waals surface area contributed by atoms with E-state index in [9.17, 15) is 0 Å². The zero-order valence-electron chi connectivity index (χ0n) is 16.6. The highest BCUT2D eigenvalue weighted by Crippen LogP contribution is 2.52. The van der Waals surface area contributed by atoms with Gasteiger partial charge in [0, 0.05) is 12.5 Å². The highest BCUT2D eigenvalue weighted by molar-refractivity contribution is 5.94. The summed E-state index contributed by atoms with van der Waals surface area (Å²) < 4.78 is 0. The monoisotopic (exact) mass is 381 g/mol. The lowest BCUT2D eigenvalue weighted by Crippen LogP contribution is -2.36. The maximum Gasteiger partial charge on any atom is 0.120 e. The van der Waals surface area contributed by atoms with Crippen LogP contribution in [-0.4, -0.2) is 18.0 Å². The van der Waals surface area contributed by atoms with Gasteiger partial charge >= 0.3 is 0 Å². The van der Waals surface area contributed by atoms with Crippen molar-refractivity contribution in [2.75, 3.05) is 6.54 Å². The van der Waals surface area contributed by atoms with Crippen molar-refractivity contribution in [2.45, 2.75) is 18.5 Å². The highest BCUT2D eigenvalue weighted by Gasteiger charge is 2.57. The van der Waals surface area contributed by atoms with E-state index in [0.29, 0.717) is 11.8 Å². The molecule has 2 atom stereocenters. The van der Waals surface area contributed by atoms with Gasteiger partial charge in [-0.3, -0.25) is 5.32 Å². The SMILES string of the molecule is C=C(/C=C\C=C/CNC12CC1C(Cc1ccccc1)=CC(N)=N2)c1ccccc1. The number of nitrogens with one attached hydrogen (secondary N) is 1. The number of hydrogen-bond acceptors (Lipinski definition) is 3. The Morgan fingerprint density at radius 1 is 1.10 bits per heavy atom. The number of rotatable bonds is 8. The summed E-state index contributed by atoms with van der Waals surface area (Å²) >= 11 is 0. The first-order valence-electron chi connectivity index (χ1n) is 10.1. The third kappa shape index (κ3) is 4.64. The Morgan fingerprint density at radius 3 is 2.59 bits per heavy atom. The molecule has 2 unspecified atom stereocenters. The maximum atomic E-state index is 6.12. The summed E-state index contributed by atoms with van der Waals surface area (Å²) in [5, 5.41) is 3.59. The van der Waals surface area contributed by atoms with Crippen LogP contribution in [0.15, 0.2) is 108 Å². The molecule has 2 aromatic carbocycles. The van der Waals surface area contributed by atoms with Gasteiger partial charge in [-0.05, 0) is 35.6 Å². The number of amidine groups is 1. The number of hydrogen-bond donors (Lipinski definition) is 2. The average Bonchev–Trinajstić information content (AvgIpc) is 3.46. The molecule has 3 nitrogen and oxygen atoms in total. The van der Waals surface area contributed by atoms with Gasteiger partial charge in [-0.2, -0.15) is 0 Å². The minimum atomic E-state index is -0.218. The average molecular weight is 382 g/mol. The number of fused-ring (bicyclic) bond motifs is 1. The molecule has 1 fully saturated rings. The third-order valence-electron chi connectivity index (χ3n) is 5.51. The molecule has 0 bridgehead atoms. The van der Waals surface area contributed by atoms with Crippen LogP contribution in [0.5, 0.6) is 0 Å². The molecule has 0 amide bonds. The predicted octanol–water partition coefficient (Wildman–Crippen LogP) is 4.66. The first-order chi connectivity index (χ1) is 14.2. The molecule has 29 heavy (non-hydrogen) atoms. The molecular weight excluding hydrogens is 354 g/mol. The summed E-state index contributed by atoms with van der Waals surface area (Å²) in [6.45, 7) is 4.87. The molecule has 2 aromatic rings. The Morgan fingerprint density at radius 2 is 1.83 bits per heavy atom. The number of allylic oxidation sites excluding steroid dienone is 4. The molecule has 1 heterocycles. The zero-order chi connectivity index (χ0) is 20.1. The van der Waals surface area contributed by atoms with E-state index in [1.807, 2.05) is 42.5 Å². The molecule has 0 saturated heterocycles. The van der Waals surface area contributed by atoms with Gasteiger partial charge in [0.2, 0.25) is 0 Å². The van der Waals surface area contributed by atoms with Crippen molar-refractivity contribution in [1.29, 1.82) is 0 Å². The normalized spacial score (nSPS) is 23.0. The van der Waals surface area contributed by atoms with Crippen LogP contribution in [0.2, 0.25) is 0 Å². The molecule has 0 spiro atoms. The van der Waals surface area contributed by atoms with Crippen molar-refractivity contribution in [3.63, 3.8) is 0 Å². The summed E-state index contributed by atoms with van der Waals surface area (Å²) in [6.07, 6.45) is 12.2. The summed E-state index contributed by atoms with van der Waals surface area (Å²) in [5.74, 6) is 1.07. The molecule has 0 aromatic heterocycles. The molecule has 1 aliphatic carbocycles. The third-order valence-corrected chi connectivity index (χ3v) is 5.51. The second-order valence-electron chi connectivity index (χ2n) is 7.66. The summed E-state index contributed by atoms with van der Waals surface area (Å²) in [5.41, 5.74) is 10.7. The largest absolute Gasteiger partial charge is 0.384 e. The Balaban J connectivity index is 1.29. The minimum absolute atomic E-state index is 0.218. The lowest BCUT2D eigenvalue weighted by atomic mass is 9.98. The quantitative estimate of drug-likeness (QED) is 0.654. The van der Waals surface area contributed by atoms with E-state index in [-0.39, 0.29) is 5.66 Å². The van der Waals surface area contributed by atoms with E-state index >= 15 is 0 Å². The molecule has 1 saturated carbocycles. The molecule has 4 rings (SSSR count). The topological polar surface area (TPSA) is 50.4 Å². The Labute approximate surface area is 173 Å². The maximum absolute atomic E-state index is 6.12. The van der Waals surface area contributed by atoms with Gasteiger partial charge in [-0.25, -0.2) is 4.99 Å². The van der Waals surface area contributed by atoms with Crippen LogP contribution in [0.4, 0.5) is 0 Å². The van der Waals surface area contributed by atoms with Gasteiger partial charge in [-0.15, -0.1) is 0 Å². The number of nitrogens with zero attached hydrogens (tertiary/aromatic N) is 1. The van der Waals surface area contributed by atoms with Crippen molar-refractivity contribution in [3.05, 3.63) is 114 Å². The zero-order valence-corrected chi connectivity index (χ0v) is 16.6. The Bertz CT molecular complexity index is 983. The first-order valence-corrected chi connectivity index (χ1v) is 10.1. The molecule has 3 heteroatoms. The van der Waals surface area contributed by atoms with Gasteiger partial charge in [-0.1, -0.05) is 97.1 Å². The second-order valence-corrected chi connectivity index (χ2v) is 7.66. The Kier molecular flexibility index (Phi) is 5.59. The molecular formula is C26H27N3. The first kappa shape index (κ1) is 19.2. The molecule has 1 aliphatic heterocycles. The van der Waals surface area contributed by atoms with Crippen LogP contribution in [0.3, 0.4) is 0 Å². The van der Waals surface area contributed by atoms with E-state index in [2.05, 4.69) is 60.4 Å². The van der Waals surface area contributed by atoms with Crippen LogP contribution >= 0.6 is 0 Å². The van der Waals surface area contributed by atoms with E-state index in [1.54, 1.807) is 0 Å². The Hall–Kier alpha value is -3.17.